The molecule has 1 saturated heterocycles. The molecule has 1 aromatic rings. The van der Waals surface area contributed by atoms with Crippen LogP contribution in [0.4, 0.5) is 0 Å². The van der Waals surface area contributed by atoms with E-state index >= 15 is 0 Å². The molecule has 0 radical (unpaired) electrons. The fraction of sp³-hybridized carbons (Fsp3) is 0.550. The molecule has 2 fully saturated rings. The largest absolute Gasteiger partial charge is 0.481 e. The Balaban J connectivity index is 1.42. The van der Waals surface area contributed by atoms with Crippen molar-refractivity contribution >= 4 is 17.8 Å². The van der Waals surface area contributed by atoms with Crippen LogP contribution in [0.1, 0.15) is 37.2 Å². The number of carboxylic acid groups (broad SMARTS) is 1. The monoisotopic (exact) mass is 358 g/mol. The standard InChI is InChI=1S/C20H26N2O4/c1-21(13-19(24)22-9-7-15(8-10-22)20(25)26)18(23)12-16-11-17(16)14-5-3-2-4-6-14/h2-6,15-17H,7-13H2,1H3,(H,25,26)/t16-,17-/m0/s1. The SMILES string of the molecule is CN(CC(=O)N1CCC(C(=O)O)CC1)C(=O)C[C@@H]1C[C@H]1c1ccccc1. The van der Waals surface area contributed by atoms with Gasteiger partial charge in [-0.15, -0.1) is 0 Å². The molecular formula is C20H26N2O4. The number of rotatable bonds is 6. The average molecular weight is 358 g/mol. The predicted octanol–water partition coefficient (Wildman–Crippen LogP) is 1.96. The van der Waals surface area contributed by atoms with E-state index in [0.29, 0.717) is 44.2 Å². The van der Waals surface area contributed by atoms with E-state index < -0.39 is 5.97 Å². The Hall–Kier alpha value is -2.37. The number of carbonyl (C=O) groups excluding carboxylic acids is 2. The molecule has 6 nitrogen and oxygen atoms in total. The first kappa shape index (κ1) is 18.4. The van der Waals surface area contributed by atoms with Gasteiger partial charge in [-0.3, -0.25) is 14.4 Å². The summed E-state index contributed by atoms with van der Waals surface area (Å²) in [7, 11) is 1.67. The molecule has 2 atom stereocenters. The van der Waals surface area contributed by atoms with E-state index in [9.17, 15) is 14.4 Å². The summed E-state index contributed by atoms with van der Waals surface area (Å²) in [6.45, 7) is 0.979. The van der Waals surface area contributed by atoms with E-state index in [1.54, 1.807) is 11.9 Å². The summed E-state index contributed by atoms with van der Waals surface area (Å²) in [6, 6.07) is 10.2. The third-order valence-corrected chi connectivity index (χ3v) is 5.58. The Bertz CT molecular complexity index is 668. The zero-order valence-corrected chi connectivity index (χ0v) is 15.1. The summed E-state index contributed by atoms with van der Waals surface area (Å²) in [5, 5.41) is 9.02. The fourth-order valence-electron chi connectivity index (χ4n) is 3.73. The van der Waals surface area contributed by atoms with Crippen LogP contribution in [0, 0.1) is 11.8 Å². The Morgan fingerprint density at radius 3 is 2.42 bits per heavy atom. The van der Waals surface area contributed by atoms with Crippen LogP contribution in [-0.2, 0) is 14.4 Å². The molecule has 1 aliphatic heterocycles. The van der Waals surface area contributed by atoms with Crippen molar-refractivity contribution in [3.8, 4) is 0 Å². The van der Waals surface area contributed by atoms with Crippen LogP contribution in [0.3, 0.4) is 0 Å². The van der Waals surface area contributed by atoms with Crippen molar-refractivity contribution in [2.75, 3.05) is 26.7 Å². The van der Waals surface area contributed by atoms with Crippen LogP contribution in [-0.4, -0.2) is 59.4 Å². The van der Waals surface area contributed by atoms with Crippen molar-refractivity contribution < 1.29 is 19.5 Å². The van der Waals surface area contributed by atoms with Crippen LogP contribution in [0.5, 0.6) is 0 Å². The van der Waals surface area contributed by atoms with E-state index in [1.807, 2.05) is 18.2 Å². The zero-order valence-electron chi connectivity index (χ0n) is 15.1. The van der Waals surface area contributed by atoms with Gasteiger partial charge < -0.3 is 14.9 Å². The average Bonchev–Trinajstić information content (AvgIpc) is 3.41. The van der Waals surface area contributed by atoms with Crippen molar-refractivity contribution in [3.05, 3.63) is 35.9 Å². The number of hydrogen-bond acceptors (Lipinski definition) is 3. The third-order valence-electron chi connectivity index (χ3n) is 5.58. The molecule has 6 heteroatoms. The molecule has 1 N–H and O–H groups in total. The maximum absolute atomic E-state index is 12.4. The lowest BCUT2D eigenvalue weighted by atomic mass is 9.97. The van der Waals surface area contributed by atoms with Crippen LogP contribution in [0.2, 0.25) is 0 Å². The van der Waals surface area contributed by atoms with E-state index in [1.165, 1.54) is 10.5 Å². The number of carbonyl (C=O) groups is 3. The van der Waals surface area contributed by atoms with Gasteiger partial charge >= 0.3 is 5.97 Å². The van der Waals surface area contributed by atoms with Crippen molar-refractivity contribution in [1.82, 2.24) is 9.80 Å². The van der Waals surface area contributed by atoms with Gasteiger partial charge in [0.05, 0.1) is 12.5 Å². The molecule has 0 bridgehead atoms. The third kappa shape index (κ3) is 4.42. The first-order valence-electron chi connectivity index (χ1n) is 9.25. The number of carboxylic acids is 1. The smallest absolute Gasteiger partial charge is 0.306 e. The Morgan fingerprint density at radius 1 is 1.15 bits per heavy atom. The number of benzene rings is 1. The van der Waals surface area contributed by atoms with Gasteiger partial charge in [0.15, 0.2) is 0 Å². The minimum Gasteiger partial charge on any atom is -0.481 e. The fourth-order valence-corrected chi connectivity index (χ4v) is 3.73. The number of aliphatic carboxylic acids is 1. The lowest BCUT2D eigenvalue weighted by molar-refractivity contribution is -0.146. The molecule has 1 saturated carbocycles. The topological polar surface area (TPSA) is 77.9 Å². The molecular weight excluding hydrogens is 332 g/mol. The number of amides is 2. The highest BCUT2D eigenvalue weighted by atomic mass is 16.4. The van der Waals surface area contributed by atoms with Gasteiger partial charge in [0.25, 0.3) is 0 Å². The quantitative estimate of drug-likeness (QED) is 0.843. The van der Waals surface area contributed by atoms with E-state index in [-0.39, 0.29) is 24.3 Å². The summed E-state index contributed by atoms with van der Waals surface area (Å²) >= 11 is 0. The van der Waals surface area contributed by atoms with Gasteiger partial charge in [0.2, 0.25) is 11.8 Å². The van der Waals surface area contributed by atoms with Crippen molar-refractivity contribution in [1.29, 1.82) is 0 Å². The number of nitrogens with zero attached hydrogens (tertiary/aromatic N) is 2. The summed E-state index contributed by atoms with van der Waals surface area (Å²) in [6.07, 6.45) is 2.48. The lowest BCUT2D eigenvalue weighted by Crippen LogP contribution is -2.45. The van der Waals surface area contributed by atoms with E-state index in [2.05, 4.69) is 12.1 Å². The summed E-state index contributed by atoms with van der Waals surface area (Å²) in [5.74, 6) is -0.416. The molecule has 1 aromatic carbocycles. The second-order valence-electron chi connectivity index (χ2n) is 7.46. The molecule has 140 valence electrons. The number of likely N-dealkylation sites (N-methyl/N-ethyl adjacent to an activating group) is 1. The maximum atomic E-state index is 12.4. The molecule has 26 heavy (non-hydrogen) atoms. The van der Waals surface area contributed by atoms with Crippen molar-refractivity contribution in [2.45, 2.75) is 31.6 Å². The minimum atomic E-state index is -0.790. The second kappa shape index (κ2) is 7.89. The van der Waals surface area contributed by atoms with Crippen molar-refractivity contribution in [2.24, 2.45) is 11.8 Å². The van der Waals surface area contributed by atoms with Gasteiger partial charge in [-0.25, -0.2) is 0 Å². The van der Waals surface area contributed by atoms with E-state index in [4.69, 9.17) is 5.11 Å². The molecule has 1 aliphatic carbocycles. The molecule has 3 rings (SSSR count). The van der Waals surface area contributed by atoms with Crippen LogP contribution in [0.25, 0.3) is 0 Å². The molecule has 0 aromatic heterocycles. The van der Waals surface area contributed by atoms with Crippen molar-refractivity contribution in [3.63, 3.8) is 0 Å². The molecule has 1 heterocycles. The highest BCUT2D eigenvalue weighted by Gasteiger charge is 2.40. The first-order valence-corrected chi connectivity index (χ1v) is 9.25. The van der Waals surface area contributed by atoms with Gasteiger partial charge in [0, 0.05) is 26.6 Å². The summed E-state index contributed by atoms with van der Waals surface area (Å²) < 4.78 is 0. The highest BCUT2D eigenvalue weighted by Crippen LogP contribution is 2.49. The number of hydrogen-bond donors (Lipinski definition) is 1. The maximum Gasteiger partial charge on any atom is 0.306 e. The Morgan fingerprint density at radius 2 is 1.81 bits per heavy atom. The predicted molar refractivity (Wildman–Crippen MR) is 96.5 cm³/mol. The first-order chi connectivity index (χ1) is 12.5. The number of piperidine rings is 1. The normalized spacial score (nSPS) is 22.7. The molecule has 2 amide bonds. The molecule has 0 spiro atoms. The summed E-state index contributed by atoms with van der Waals surface area (Å²) in [4.78, 5) is 38.9. The second-order valence-corrected chi connectivity index (χ2v) is 7.46. The van der Waals surface area contributed by atoms with Crippen LogP contribution in [0.15, 0.2) is 30.3 Å². The molecule has 2 aliphatic rings. The minimum absolute atomic E-state index is 0.00204. The lowest BCUT2D eigenvalue weighted by Gasteiger charge is -2.31. The summed E-state index contributed by atoms with van der Waals surface area (Å²) in [5.41, 5.74) is 1.28. The zero-order chi connectivity index (χ0) is 18.7. The molecule has 0 unspecified atom stereocenters. The Kier molecular flexibility index (Phi) is 5.59. The van der Waals surface area contributed by atoms with Gasteiger partial charge in [-0.05, 0) is 36.7 Å². The van der Waals surface area contributed by atoms with Crippen LogP contribution < -0.4 is 0 Å². The van der Waals surface area contributed by atoms with Crippen LogP contribution >= 0.6 is 0 Å². The highest BCUT2D eigenvalue weighted by molar-refractivity contribution is 5.85. The Labute approximate surface area is 153 Å². The van der Waals surface area contributed by atoms with Gasteiger partial charge in [-0.2, -0.15) is 0 Å². The number of likely N-dealkylation sites (tertiary alicyclic amines) is 1. The van der Waals surface area contributed by atoms with Gasteiger partial charge in [-0.1, -0.05) is 30.3 Å². The van der Waals surface area contributed by atoms with Gasteiger partial charge in [0.1, 0.15) is 0 Å². The van der Waals surface area contributed by atoms with E-state index in [0.717, 1.165) is 6.42 Å².